The van der Waals surface area contributed by atoms with Crippen LogP contribution in [0, 0.1) is 0 Å². The normalized spacial score (nSPS) is 15.1. The summed E-state index contributed by atoms with van der Waals surface area (Å²) in [6.45, 7) is 4.96. The van der Waals surface area contributed by atoms with Gasteiger partial charge >= 0.3 is 0 Å². The third-order valence-electron chi connectivity index (χ3n) is 4.94. The van der Waals surface area contributed by atoms with Crippen molar-refractivity contribution in [3.63, 3.8) is 0 Å². The monoisotopic (exact) mass is 416 g/mol. The Morgan fingerprint density at radius 2 is 1.90 bits per heavy atom. The van der Waals surface area contributed by atoms with E-state index in [1.54, 1.807) is 43.7 Å². The second-order valence-corrected chi connectivity index (χ2v) is 8.19. The SMILES string of the molecule is COc1cccc(NC(=O)CN(C)C(=O)CN2CCN(Cc3cccs3)CC2)c1. The quantitative estimate of drug-likeness (QED) is 0.713. The summed E-state index contributed by atoms with van der Waals surface area (Å²) >= 11 is 1.78. The van der Waals surface area contributed by atoms with Gasteiger partial charge in [-0.15, -0.1) is 11.3 Å². The van der Waals surface area contributed by atoms with Crippen LogP contribution in [-0.2, 0) is 16.1 Å². The summed E-state index contributed by atoms with van der Waals surface area (Å²) in [5.41, 5.74) is 0.650. The molecule has 0 spiro atoms. The first kappa shape index (κ1) is 21.3. The topological polar surface area (TPSA) is 65.1 Å². The van der Waals surface area contributed by atoms with Gasteiger partial charge < -0.3 is 15.0 Å². The van der Waals surface area contributed by atoms with E-state index in [4.69, 9.17) is 4.74 Å². The molecular formula is C21H28N4O3S. The van der Waals surface area contributed by atoms with Crippen molar-refractivity contribution in [3.8, 4) is 5.75 Å². The van der Waals surface area contributed by atoms with Crippen molar-refractivity contribution in [2.75, 3.05) is 58.7 Å². The molecular weight excluding hydrogens is 388 g/mol. The van der Waals surface area contributed by atoms with E-state index in [0.717, 1.165) is 32.7 Å². The second-order valence-electron chi connectivity index (χ2n) is 7.16. The Morgan fingerprint density at radius 3 is 2.59 bits per heavy atom. The lowest BCUT2D eigenvalue weighted by molar-refractivity contribution is -0.134. The van der Waals surface area contributed by atoms with E-state index in [1.165, 1.54) is 9.78 Å². The Morgan fingerprint density at radius 1 is 1.14 bits per heavy atom. The molecule has 0 saturated carbocycles. The Labute approximate surface area is 175 Å². The van der Waals surface area contributed by atoms with Gasteiger partial charge in [0.15, 0.2) is 0 Å². The lowest BCUT2D eigenvalue weighted by atomic mass is 10.3. The van der Waals surface area contributed by atoms with Crippen molar-refractivity contribution in [1.29, 1.82) is 0 Å². The summed E-state index contributed by atoms with van der Waals surface area (Å²) in [5, 5.41) is 4.90. The number of hydrogen-bond donors (Lipinski definition) is 1. The third-order valence-corrected chi connectivity index (χ3v) is 5.80. The van der Waals surface area contributed by atoms with Crippen LogP contribution in [0.3, 0.4) is 0 Å². The zero-order valence-electron chi connectivity index (χ0n) is 17.0. The van der Waals surface area contributed by atoms with Gasteiger partial charge in [-0.25, -0.2) is 0 Å². The number of methoxy groups -OCH3 is 1. The Kier molecular flexibility index (Phi) is 7.62. The molecule has 1 aromatic carbocycles. The summed E-state index contributed by atoms with van der Waals surface area (Å²) in [7, 11) is 3.25. The second kappa shape index (κ2) is 10.4. The molecule has 0 aliphatic carbocycles. The fourth-order valence-corrected chi connectivity index (χ4v) is 3.99. The van der Waals surface area contributed by atoms with Crippen molar-refractivity contribution in [3.05, 3.63) is 46.7 Å². The number of nitrogens with one attached hydrogen (secondary N) is 1. The first-order valence-electron chi connectivity index (χ1n) is 9.68. The van der Waals surface area contributed by atoms with Crippen LogP contribution in [0.5, 0.6) is 5.75 Å². The average Bonchev–Trinajstić information content (AvgIpc) is 3.22. The van der Waals surface area contributed by atoms with E-state index in [1.807, 2.05) is 6.07 Å². The minimum Gasteiger partial charge on any atom is -0.497 e. The molecule has 2 aromatic rings. The van der Waals surface area contributed by atoms with Gasteiger partial charge in [-0.1, -0.05) is 12.1 Å². The number of thiophene rings is 1. The van der Waals surface area contributed by atoms with E-state index in [-0.39, 0.29) is 18.4 Å². The molecule has 0 atom stereocenters. The first-order valence-corrected chi connectivity index (χ1v) is 10.6. The van der Waals surface area contributed by atoms with Crippen LogP contribution in [0.25, 0.3) is 0 Å². The van der Waals surface area contributed by atoms with Gasteiger partial charge in [0.25, 0.3) is 0 Å². The molecule has 0 bridgehead atoms. The number of ether oxygens (including phenoxy) is 1. The van der Waals surface area contributed by atoms with Gasteiger partial charge in [-0.3, -0.25) is 19.4 Å². The predicted octanol–water partition coefficient (Wildman–Crippen LogP) is 1.97. The van der Waals surface area contributed by atoms with Crippen molar-refractivity contribution in [2.45, 2.75) is 6.54 Å². The molecule has 29 heavy (non-hydrogen) atoms. The average molecular weight is 417 g/mol. The number of carbonyl (C=O) groups excluding carboxylic acids is 2. The minimum atomic E-state index is -0.227. The lowest BCUT2D eigenvalue weighted by Gasteiger charge is -2.34. The summed E-state index contributed by atoms with van der Waals surface area (Å²) in [6, 6.07) is 11.4. The summed E-state index contributed by atoms with van der Waals surface area (Å²) < 4.78 is 5.15. The van der Waals surface area contributed by atoms with Gasteiger partial charge in [0.2, 0.25) is 11.8 Å². The highest BCUT2D eigenvalue weighted by Crippen LogP contribution is 2.16. The number of rotatable bonds is 8. The molecule has 0 radical (unpaired) electrons. The standard InChI is InChI=1S/C21H28N4O3S/c1-23(15-20(26)22-17-5-3-6-18(13-17)28-2)21(27)16-25-10-8-24(9-11-25)14-19-7-4-12-29-19/h3-7,12-13H,8-11,14-16H2,1-2H3,(H,22,26). The van der Waals surface area contributed by atoms with Crippen molar-refractivity contribution in [1.82, 2.24) is 14.7 Å². The van der Waals surface area contributed by atoms with Gasteiger partial charge in [0.05, 0.1) is 20.2 Å². The van der Waals surface area contributed by atoms with Gasteiger partial charge in [0, 0.05) is 56.4 Å². The van der Waals surface area contributed by atoms with E-state index >= 15 is 0 Å². The van der Waals surface area contributed by atoms with Crippen LogP contribution in [-0.4, -0.2) is 79.9 Å². The Bertz CT molecular complexity index is 804. The maximum atomic E-state index is 12.5. The van der Waals surface area contributed by atoms with E-state index in [0.29, 0.717) is 18.0 Å². The molecule has 3 rings (SSSR count). The molecule has 2 heterocycles. The highest BCUT2D eigenvalue weighted by atomic mass is 32.1. The predicted molar refractivity (Wildman–Crippen MR) is 115 cm³/mol. The molecule has 7 nitrogen and oxygen atoms in total. The minimum absolute atomic E-state index is 0.0222. The fraction of sp³-hybridized carbons (Fsp3) is 0.429. The number of anilines is 1. The lowest BCUT2D eigenvalue weighted by Crippen LogP contribution is -2.49. The summed E-state index contributed by atoms with van der Waals surface area (Å²) in [6.07, 6.45) is 0. The van der Waals surface area contributed by atoms with E-state index in [2.05, 4.69) is 32.6 Å². The highest BCUT2D eigenvalue weighted by molar-refractivity contribution is 7.09. The maximum absolute atomic E-state index is 12.5. The van der Waals surface area contributed by atoms with E-state index < -0.39 is 0 Å². The molecule has 156 valence electrons. The zero-order chi connectivity index (χ0) is 20.6. The fourth-order valence-electron chi connectivity index (χ4n) is 3.25. The van der Waals surface area contributed by atoms with E-state index in [9.17, 15) is 9.59 Å². The number of amides is 2. The Hall–Kier alpha value is -2.42. The molecule has 0 unspecified atom stereocenters. The smallest absolute Gasteiger partial charge is 0.243 e. The molecule has 1 N–H and O–H groups in total. The molecule has 1 fully saturated rings. The Balaban J connectivity index is 1.39. The van der Waals surface area contributed by atoms with Crippen LogP contribution in [0.15, 0.2) is 41.8 Å². The van der Waals surface area contributed by atoms with Gasteiger partial charge in [-0.2, -0.15) is 0 Å². The number of hydrogen-bond acceptors (Lipinski definition) is 6. The van der Waals surface area contributed by atoms with Gasteiger partial charge in [0.1, 0.15) is 5.75 Å². The number of piperazine rings is 1. The molecule has 1 aromatic heterocycles. The number of carbonyl (C=O) groups is 2. The molecule has 1 aliphatic rings. The molecule has 8 heteroatoms. The third kappa shape index (κ3) is 6.56. The van der Waals surface area contributed by atoms with Crippen LogP contribution < -0.4 is 10.1 Å². The van der Waals surface area contributed by atoms with Gasteiger partial charge in [-0.05, 0) is 23.6 Å². The molecule has 2 amide bonds. The number of benzene rings is 1. The van der Waals surface area contributed by atoms with Crippen molar-refractivity contribution >= 4 is 28.8 Å². The van der Waals surface area contributed by atoms with Crippen LogP contribution in [0.2, 0.25) is 0 Å². The molecule has 1 aliphatic heterocycles. The van der Waals surface area contributed by atoms with Crippen LogP contribution in [0.4, 0.5) is 5.69 Å². The molecule has 1 saturated heterocycles. The zero-order valence-corrected chi connectivity index (χ0v) is 17.8. The summed E-state index contributed by atoms with van der Waals surface area (Å²) in [5.74, 6) is 0.401. The largest absolute Gasteiger partial charge is 0.497 e. The number of nitrogens with zero attached hydrogens (tertiary/aromatic N) is 3. The summed E-state index contributed by atoms with van der Waals surface area (Å²) in [4.78, 5) is 32.2. The van der Waals surface area contributed by atoms with Crippen LogP contribution >= 0.6 is 11.3 Å². The van der Waals surface area contributed by atoms with Crippen LogP contribution in [0.1, 0.15) is 4.88 Å². The number of likely N-dealkylation sites (N-methyl/N-ethyl adjacent to an activating group) is 1. The van der Waals surface area contributed by atoms with Crippen molar-refractivity contribution < 1.29 is 14.3 Å². The maximum Gasteiger partial charge on any atom is 0.243 e. The first-order chi connectivity index (χ1) is 14.0. The highest BCUT2D eigenvalue weighted by Gasteiger charge is 2.21. The van der Waals surface area contributed by atoms with Crippen molar-refractivity contribution in [2.24, 2.45) is 0 Å².